The first kappa shape index (κ1) is 9.93. The van der Waals surface area contributed by atoms with E-state index in [2.05, 4.69) is 46.2 Å². The number of hydrogen-bond donors (Lipinski definition) is 2. The van der Waals surface area contributed by atoms with Crippen LogP contribution in [0.1, 0.15) is 5.56 Å². The van der Waals surface area contributed by atoms with Crippen molar-refractivity contribution in [2.45, 2.75) is 5.75 Å². The van der Waals surface area contributed by atoms with Crippen LogP contribution in [-0.4, -0.2) is 9.97 Å². The Morgan fingerprint density at radius 3 is 3.00 bits per heavy atom. The summed E-state index contributed by atoms with van der Waals surface area (Å²) in [5, 5.41) is 2.06. The Morgan fingerprint density at radius 2 is 2.25 bits per heavy atom. The standard InChI is InChI=1S/C12H10N2S2/c15-7-8-3-4-9-10(6-8)14-12(13-9)11-2-1-5-16-11/h1-6,15H,7H2,(H,13,14). The summed E-state index contributed by atoms with van der Waals surface area (Å²) in [6, 6.07) is 10.3. The SMILES string of the molecule is SCc1ccc2nc(-c3cccs3)[nH]c2c1. The summed E-state index contributed by atoms with van der Waals surface area (Å²) in [7, 11) is 0. The van der Waals surface area contributed by atoms with Crippen molar-refractivity contribution >= 4 is 35.0 Å². The molecule has 3 rings (SSSR count). The van der Waals surface area contributed by atoms with Crippen molar-refractivity contribution in [3.63, 3.8) is 0 Å². The Morgan fingerprint density at radius 1 is 1.31 bits per heavy atom. The molecule has 0 radical (unpaired) electrons. The van der Waals surface area contributed by atoms with E-state index in [9.17, 15) is 0 Å². The van der Waals surface area contributed by atoms with Crippen molar-refractivity contribution < 1.29 is 0 Å². The first-order valence-corrected chi connectivity index (χ1v) is 6.51. The summed E-state index contributed by atoms with van der Waals surface area (Å²) in [4.78, 5) is 9.07. The van der Waals surface area contributed by atoms with E-state index in [1.54, 1.807) is 11.3 Å². The molecule has 0 bridgehead atoms. The summed E-state index contributed by atoms with van der Waals surface area (Å²) >= 11 is 5.96. The molecule has 0 fully saturated rings. The number of H-pyrrole nitrogens is 1. The van der Waals surface area contributed by atoms with Crippen LogP contribution < -0.4 is 0 Å². The Labute approximate surface area is 103 Å². The quantitative estimate of drug-likeness (QED) is 0.663. The maximum atomic E-state index is 4.56. The van der Waals surface area contributed by atoms with Gasteiger partial charge in [0.25, 0.3) is 0 Å². The molecule has 0 aliphatic rings. The van der Waals surface area contributed by atoms with Crippen molar-refractivity contribution in [3.8, 4) is 10.7 Å². The van der Waals surface area contributed by atoms with E-state index < -0.39 is 0 Å². The van der Waals surface area contributed by atoms with Crippen LogP contribution in [0, 0.1) is 0 Å². The molecule has 0 unspecified atom stereocenters. The third kappa shape index (κ3) is 1.64. The van der Waals surface area contributed by atoms with Gasteiger partial charge in [0, 0.05) is 5.75 Å². The minimum atomic E-state index is 0.753. The smallest absolute Gasteiger partial charge is 0.148 e. The number of nitrogens with zero attached hydrogens (tertiary/aromatic N) is 1. The molecule has 1 N–H and O–H groups in total. The van der Waals surface area contributed by atoms with Gasteiger partial charge in [-0.3, -0.25) is 0 Å². The van der Waals surface area contributed by atoms with E-state index in [0.29, 0.717) is 0 Å². The number of hydrogen-bond acceptors (Lipinski definition) is 3. The minimum absolute atomic E-state index is 0.753. The lowest BCUT2D eigenvalue weighted by Gasteiger charge is -1.93. The third-order valence-corrected chi connectivity index (χ3v) is 3.73. The van der Waals surface area contributed by atoms with E-state index in [-0.39, 0.29) is 0 Å². The predicted molar refractivity (Wildman–Crippen MR) is 72.1 cm³/mol. The fraction of sp³-hybridized carbons (Fsp3) is 0.0833. The van der Waals surface area contributed by atoms with Gasteiger partial charge in [-0.15, -0.1) is 11.3 Å². The Kier molecular flexibility index (Phi) is 2.46. The van der Waals surface area contributed by atoms with Gasteiger partial charge in [-0.05, 0) is 29.1 Å². The van der Waals surface area contributed by atoms with E-state index in [1.165, 1.54) is 10.4 Å². The maximum absolute atomic E-state index is 4.56. The van der Waals surface area contributed by atoms with Crippen LogP contribution in [-0.2, 0) is 5.75 Å². The van der Waals surface area contributed by atoms with Gasteiger partial charge in [0.1, 0.15) is 5.82 Å². The fourth-order valence-corrected chi connectivity index (χ4v) is 2.55. The highest BCUT2D eigenvalue weighted by Crippen LogP contribution is 2.25. The molecule has 16 heavy (non-hydrogen) atoms. The maximum Gasteiger partial charge on any atom is 0.148 e. The van der Waals surface area contributed by atoms with Crippen molar-refractivity contribution in [2.75, 3.05) is 0 Å². The molecule has 0 amide bonds. The zero-order valence-corrected chi connectivity index (χ0v) is 10.2. The Hall–Kier alpha value is -1.26. The number of nitrogens with one attached hydrogen (secondary N) is 1. The summed E-state index contributed by atoms with van der Waals surface area (Å²) in [6.45, 7) is 0. The minimum Gasteiger partial charge on any atom is -0.337 e. The number of fused-ring (bicyclic) bond motifs is 1. The monoisotopic (exact) mass is 246 g/mol. The van der Waals surface area contributed by atoms with Crippen LogP contribution >= 0.6 is 24.0 Å². The second-order valence-electron chi connectivity index (χ2n) is 3.57. The lowest BCUT2D eigenvalue weighted by molar-refractivity contribution is 1.36. The number of thiophene rings is 1. The largest absolute Gasteiger partial charge is 0.337 e. The van der Waals surface area contributed by atoms with Gasteiger partial charge in [0.2, 0.25) is 0 Å². The summed E-state index contributed by atoms with van der Waals surface area (Å²) < 4.78 is 0. The molecule has 2 heterocycles. The van der Waals surface area contributed by atoms with Gasteiger partial charge >= 0.3 is 0 Å². The van der Waals surface area contributed by atoms with E-state index >= 15 is 0 Å². The molecule has 2 nitrogen and oxygen atoms in total. The number of aromatic nitrogens is 2. The van der Waals surface area contributed by atoms with Crippen LogP contribution in [0.15, 0.2) is 35.7 Å². The molecule has 0 saturated carbocycles. The number of rotatable bonds is 2. The summed E-state index contributed by atoms with van der Waals surface area (Å²) in [6.07, 6.45) is 0. The molecule has 0 aliphatic heterocycles. The zero-order chi connectivity index (χ0) is 11.0. The molecule has 3 aromatic rings. The van der Waals surface area contributed by atoms with Gasteiger partial charge in [-0.25, -0.2) is 4.98 Å². The lowest BCUT2D eigenvalue weighted by Crippen LogP contribution is -1.76. The molecule has 0 saturated heterocycles. The first-order chi connectivity index (χ1) is 7.86. The molecule has 1 aromatic carbocycles. The second kappa shape index (κ2) is 3.96. The zero-order valence-electron chi connectivity index (χ0n) is 8.47. The fourth-order valence-electron chi connectivity index (χ4n) is 1.69. The number of thiol groups is 1. The third-order valence-electron chi connectivity index (χ3n) is 2.48. The Balaban J connectivity index is 2.16. The Bertz CT molecular complexity index is 611. The summed E-state index contributed by atoms with van der Waals surface area (Å²) in [5.41, 5.74) is 3.29. The predicted octanol–water partition coefficient (Wildman–Crippen LogP) is 3.72. The van der Waals surface area contributed by atoms with E-state index in [1.807, 2.05) is 12.1 Å². The highest BCUT2D eigenvalue weighted by molar-refractivity contribution is 7.79. The van der Waals surface area contributed by atoms with Crippen molar-refractivity contribution in [1.82, 2.24) is 9.97 Å². The van der Waals surface area contributed by atoms with Gasteiger partial charge in [0.05, 0.1) is 15.9 Å². The molecule has 0 aliphatic carbocycles. The molecule has 2 aromatic heterocycles. The van der Waals surface area contributed by atoms with Gasteiger partial charge in [0.15, 0.2) is 0 Å². The molecular formula is C12H10N2S2. The van der Waals surface area contributed by atoms with Crippen LogP contribution in [0.5, 0.6) is 0 Å². The van der Waals surface area contributed by atoms with Crippen molar-refractivity contribution in [1.29, 1.82) is 0 Å². The lowest BCUT2D eigenvalue weighted by atomic mass is 10.2. The average Bonchev–Trinajstić information content (AvgIpc) is 2.96. The molecule has 0 spiro atoms. The average molecular weight is 246 g/mol. The van der Waals surface area contributed by atoms with Crippen LogP contribution in [0.3, 0.4) is 0 Å². The molecule has 80 valence electrons. The van der Waals surface area contributed by atoms with Crippen molar-refractivity contribution in [3.05, 3.63) is 41.3 Å². The molecule has 0 atom stereocenters. The highest BCUT2D eigenvalue weighted by Gasteiger charge is 2.05. The topological polar surface area (TPSA) is 28.7 Å². The van der Waals surface area contributed by atoms with Crippen LogP contribution in [0.2, 0.25) is 0 Å². The first-order valence-electron chi connectivity index (χ1n) is 5.00. The molecular weight excluding hydrogens is 236 g/mol. The second-order valence-corrected chi connectivity index (χ2v) is 4.84. The number of benzene rings is 1. The van der Waals surface area contributed by atoms with E-state index in [0.717, 1.165) is 22.6 Å². The number of aromatic amines is 1. The van der Waals surface area contributed by atoms with Crippen LogP contribution in [0.4, 0.5) is 0 Å². The highest BCUT2D eigenvalue weighted by atomic mass is 32.1. The van der Waals surface area contributed by atoms with E-state index in [4.69, 9.17) is 0 Å². The summed E-state index contributed by atoms with van der Waals surface area (Å²) in [5.74, 6) is 1.70. The van der Waals surface area contributed by atoms with Gasteiger partial charge in [-0.2, -0.15) is 12.6 Å². The van der Waals surface area contributed by atoms with Crippen LogP contribution in [0.25, 0.3) is 21.7 Å². The van der Waals surface area contributed by atoms with Gasteiger partial charge in [-0.1, -0.05) is 12.1 Å². The normalized spacial score (nSPS) is 11.1. The van der Waals surface area contributed by atoms with Crippen molar-refractivity contribution in [2.24, 2.45) is 0 Å². The van der Waals surface area contributed by atoms with Gasteiger partial charge < -0.3 is 4.98 Å². The molecule has 4 heteroatoms. The number of imidazole rings is 1.